The van der Waals surface area contributed by atoms with Gasteiger partial charge < -0.3 is 10.1 Å². The fourth-order valence-electron chi connectivity index (χ4n) is 1.76. The largest absolute Gasteiger partial charge is 0.461 e. The van der Waals surface area contributed by atoms with E-state index in [0.717, 1.165) is 23.5 Å². The molecule has 1 aromatic carbocycles. The van der Waals surface area contributed by atoms with Gasteiger partial charge in [0.05, 0.1) is 6.61 Å². The summed E-state index contributed by atoms with van der Waals surface area (Å²) in [5.41, 5.74) is 1.76. The zero-order valence-corrected chi connectivity index (χ0v) is 14.6. The van der Waals surface area contributed by atoms with Crippen molar-refractivity contribution in [2.24, 2.45) is 5.92 Å². The molecule has 2 aromatic rings. The number of nitrogens with one attached hydrogen (secondary N) is 2. The highest BCUT2D eigenvalue weighted by atomic mass is 32.1. The van der Waals surface area contributed by atoms with Crippen LogP contribution in [0.2, 0.25) is 0 Å². The third-order valence-electron chi connectivity index (χ3n) is 3.15. The number of aryl methyl sites for hydroxylation is 1. The van der Waals surface area contributed by atoms with Gasteiger partial charge >= 0.3 is 12.0 Å². The Kier molecular flexibility index (Phi) is 6.25. The van der Waals surface area contributed by atoms with E-state index in [-0.39, 0.29) is 10.7 Å². The molecule has 2 rings (SSSR count). The summed E-state index contributed by atoms with van der Waals surface area (Å²) in [5, 5.41) is 9.25. The second-order valence-corrected chi connectivity index (χ2v) is 6.47. The standard InChI is InChI=1S/C16H20N4O3S/c1-10(2)8-9-23-15(21)13-14(24-20-19-13)18-16(22)17-12-6-4-11(3)5-7-12/h4-7,10H,8-9H2,1-3H3,(H2,17,18,22). The Bertz CT molecular complexity index is 698. The lowest BCUT2D eigenvalue weighted by atomic mass is 10.1. The minimum absolute atomic E-state index is 0.0165. The zero-order chi connectivity index (χ0) is 17.5. The molecule has 7 nitrogen and oxygen atoms in total. The van der Waals surface area contributed by atoms with Crippen molar-refractivity contribution in [3.8, 4) is 0 Å². The molecular weight excluding hydrogens is 328 g/mol. The number of hydrogen-bond acceptors (Lipinski definition) is 6. The lowest BCUT2D eigenvalue weighted by Gasteiger charge is -2.08. The first-order valence-electron chi connectivity index (χ1n) is 7.60. The number of carbonyl (C=O) groups is 2. The molecule has 0 aliphatic carbocycles. The number of urea groups is 1. The topological polar surface area (TPSA) is 93.2 Å². The van der Waals surface area contributed by atoms with Crippen molar-refractivity contribution >= 4 is 34.2 Å². The average molecular weight is 348 g/mol. The van der Waals surface area contributed by atoms with Crippen LogP contribution >= 0.6 is 11.5 Å². The van der Waals surface area contributed by atoms with Gasteiger partial charge in [-0.1, -0.05) is 36.0 Å². The van der Waals surface area contributed by atoms with Gasteiger partial charge in [-0.05, 0) is 31.4 Å². The minimum atomic E-state index is -0.588. The predicted octanol–water partition coefficient (Wildman–Crippen LogP) is 3.69. The number of amides is 2. The second-order valence-electron chi connectivity index (χ2n) is 5.71. The van der Waals surface area contributed by atoms with Crippen molar-refractivity contribution in [1.82, 2.24) is 9.59 Å². The van der Waals surface area contributed by atoms with Gasteiger partial charge in [-0.2, -0.15) is 0 Å². The normalized spacial score (nSPS) is 10.5. The zero-order valence-electron chi connectivity index (χ0n) is 13.8. The summed E-state index contributed by atoms with van der Waals surface area (Å²) < 4.78 is 8.85. The van der Waals surface area contributed by atoms with Crippen molar-refractivity contribution in [3.05, 3.63) is 35.5 Å². The Morgan fingerprint density at radius 2 is 1.92 bits per heavy atom. The molecule has 8 heteroatoms. The summed E-state index contributed by atoms with van der Waals surface area (Å²) in [6.07, 6.45) is 0.764. The number of anilines is 2. The molecule has 1 heterocycles. The summed E-state index contributed by atoms with van der Waals surface area (Å²) in [4.78, 5) is 24.0. The van der Waals surface area contributed by atoms with Crippen molar-refractivity contribution in [2.45, 2.75) is 27.2 Å². The van der Waals surface area contributed by atoms with E-state index in [1.807, 2.05) is 32.9 Å². The first-order valence-corrected chi connectivity index (χ1v) is 8.37. The molecule has 0 fully saturated rings. The Labute approximate surface area is 144 Å². The fraction of sp³-hybridized carbons (Fsp3) is 0.375. The lowest BCUT2D eigenvalue weighted by Crippen LogP contribution is -2.20. The molecule has 0 unspecified atom stereocenters. The number of ether oxygens (including phenoxy) is 1. The van der Waals surface area contributed by atoms with Crippen LogP contribution < -0.4 is 10.6 Å². The van der Waals surface area contributed by atoms with Crippen LogP contribution in [0.25, 0.3) is 0 Å². The third kappa shape index (κ3) is 5.31. The molecule has 0 aliphatic heterocycles. The van der Waals surface area contributed by atoms with Gasteiger partial charge in [0.15, 0.2) is 5.00 Å². The van der Waals surface area contributed by atoms with E-state index in [9.17, 15) is 9.59 Å². The maximum absolute atomic E-state index is 12.0. The van der Waals surface area contributed by atoms with E-state index in [4.69, 9.17) is 4.74 Å². The summed E-state index contributed by atoms with van der Waals surface area (Å²) >= 11 is 0.925. The fourth-order valence-corrected chi connectivity index (χ4v) is 2.32. The van der Waals surface area contributed by atoms with E-state index in [2.05, 4.69) is 20.2 Å². The minimum Gasteiger partial charge on any atom is -0.461 e. The number of aromatic nitrogens is 2. The Morgan fingerprint density at radius 3 is 2.58 bits per heavy atom. The van der Waals surface area contributed by atoms with Crippen LogP contribution in [0, 0.1) is 12.8 Å². The number of benzene rings is 1. The number of nitrogens with zero attached hydrogens (tertiary/aromatic N) is 2. The summed E-state index contributed by atoms with van der Waals surface area (Å²) in [7, 11) is 0. The van der Waals surface area contributed by atoms with Gasteiger partial charge in [0.2, 0.25) is 5.69 Å². The molecule has 0 aliphatic rings. The van der Waals surface area contributed by atoms with Gasteiger partial charge in [0, 0.05) is 17.2 Å². The Balaban J connectivity index is 1.93. The second kappa shape index (κ2) is 8.39. The third-order valence-corrected chi connectivity index (χ3v) is 3.79. The Morgan fingerprint density at radius 1 is 1.21 bits per heavy atom. The molecule has 24 heavy (non-hydrogen) atoms. The number of esters is 1. The molecule has 0 saturated carbocycles. The van der Waals surface area contributed by atoms with E-state index in [1.54, 1.807) is 12.1 Å². The molecule has 128 valence electrons. The van der Waals surface area contributed by atoms with Crippen molar-refractivity contribution in [3.63, 3.8) is 0 Å². The molecule has 0 atom stereocenters. The lowest BCUT2D eigenvalue weighted by molar-refractivity contribution is 0.0482. The van der Waals surface area contributed by atoms with Crippen molar-refractivity contribution in [2.75, 3.05) is 17.2 Å². The SMILES string of the molecule is Cc1ccc(NC(=O)Nc2snnc2C(=O)OCCC(C)C)cc1. The van der Waals surface area contributed by atoms with E-state index in [1.165, 1.54) is 0 Å². The van der Waals surface area contributed by atoms with Crippen LogP contribution in [0.4, 0.5) is 15.5 Å². The molecule has 1 aromatic heterocycles. The van der Waals surface area contributed by atoms with Gasteiger partial charge in [0.1, 0.15) is 0 Å². The maximum Gasteiger partial charge on any atom is 0.362 e. The van der Waals surface area contributed by atoms with Crippen LogP contribution in [0.3, 0.4) is 0 Å². The summed E-state index contributed by atoms with van der Waals surface area (Å²) in [6.45, 7) is 6.36. The van der Waals surface area contributed by atoms with E-state index >= 15 is 0 Å². The monoisotopic (exact) mass is 348 g/mol. The molecule has 0 radical (unpaired) electrons. The van der Waals surface area contributed by atoms with Gasteiger partial charge in [-0.25, -0.2) is 9.59 Å². The summed E-state index contributed by atoms with van der Waals surface area (Å²) in [5.74, 6) is -0.153. The number of carbonyl (C=O) groups excluding carboxylic acids is 2. The molecule has 2 N–H and O–H groups in total. The summed E-state index contributed by atoms with van der Waals surface area (Å²) in [6, 6.07) is 6.89. The number of rotatable bonds is 6. The molecule has 2 amide bonds. The van der Waals surface area contributed by atoms with E-state index < -0.39 is 12.0 Å². The van der Waals surface area contributed by atoms with Crippen LogP contribution in [0.15, 0.2) is 24.3 Å². The van der Waals surface area contributed by atoms with Crippen molar-refractivity contribution in [1.29, 1.82) is 0 Å². The van der Waals surface area contributed by atoms with Crippen molar-refractivity contribution < 1.29 is 14.3 Å². The van der Waals surface area contributed by atoms with Gasteiger partial charge in [-0.15, -0.1) is 5.10 Å². The molecule has 0 saturated heterocycles. The highest BCUT2D eigenvalue weighted by molar-refractivity contribution is 7.10. The van der Waals surface area contributed by atoms with Crippen LogP contribution in [0.5, 0.6) is 0 Å². The van der Waals surface area contributed by atoms with Gasteiger partial charge in [-0.3, -0.25) is 5.32 Å². The average Bonchev–Trinajstić information content (AvgIpc) is 2.97. The van der Waals surface area contributed by atoms with Crippen LogP contribution in [-0.4, -0.2) is 28.2 Å². The quantitative estimate of drug-likeness (QED) is 0.777. The maximum atomic E-state index is 12.0. The van der Waals surface area contributed by atoms with E-state index in [0.29, 0.717) is 18.2 Å². The number of hydrogen-bond donors (Lipinski definition) is 2. The highest BCUT2D eigenvalue weighted by Gasteiger charge is 2.20. The van der Waals surface area contributed by atoms with Crippen LogP contribution in [0.1, 0.15) is 36.3 Å². The highest BCUT2D eigenvalue weighted by Crippen LogP contribution is 2.19. The Hall–Kier alpha value is -2.48. The smallest absolute Gasteiger partial charge is 0.362 e. The predicted molar refractivity (Wildman–Crippen MR) is 93.5 cm³/mol. The molecular formula is C16H20N4O3S. The first kappa shape index (κ1) is 17.9. The molecule has 0 spiro atoms. The first-order chi connectivity index (χ1) is 11.5. The molecule has 0 bridgehead atoms. The van der Waals surface area contributed by atoms with Gasteiger partial charge in [0.25, 0.3) is 0 Å². The van der Waals surface area contributed by atoms with Crippen LogP contribution in [-0.2, 0) is 4.74 Å².